The maximum atomic E-state index is 11.5. The lowest BCUT2D eigenvalue weighted by Crippen LogP contribution is -2.39. The van der Waals surface area contributed by atoms with Crippen molar-refractivity contribution in [3.05, 3.63) is 17.3 Å². The third-order valence-electron chi connectivity index (χ3n) is 3.93. The van der Waals surface area contributed by atoms with E-state index in [2.05, 4.69) is 23.0 Å². The lowest BCUT2D eigenvalue weighted by molar-refractivity contribution is -0.139. The number of fused-ring (bicyclic) bond motifs is 1. The first-order valence-electron chi connectivity index (χ1n) is 6.84. The molecule has 0 amide bonds. The second kappa shape index (κ2) is 5.01. The van der Waals surface area contributed by atoms with Crippen molar-refractivity contribution in [2.75, 3.05) is 11.4 Å². The predicted molar refractivity (Wildman–Crippen MR) is 79.3 cm³/mol. The molecule has 3 heterocycles. The molecule has 3 rings (SSSR count). The molecule has 0 spiro atoms. The monoisotopic (exact) mass is 291 g/mol. The van der Waals surface area contributed by atoms with Crippen LogP contribution in [0.15, 0.2) is 12.4 Å². The summed E-state index contributed by atoms with van der Waals surface area (Å²) >= 11 is 1.66. The second-order valence-corrected chi connectivity index (χ2v) is 6.34. The quantitative estimate of drug-likeness (QED) is 0.941. The van der Waals surface area contributed by atoms with Crippen molar-refractivity contribution in [1.29, 1.82) is 0 Å². The van der Waals surface area contributed by atoms with Crippen molar-refractivity contribution in [3.63, 3.8) is 0 Å². The van der Waals surface area contributed by atoms with Gasteiger partial charge in [0, 0.05) is 11.4 Å². The Morgan fingerprint density at radius 3 is 3.05 bits per heavy atom. The van der Waals surface area contributed by atoms with Crippen LogP contribution in [0.4, 0.5) is 5.82 Å². The zero-order valence-corrected chi connectivity index (χ0v) is 12.4. The molecule has 1 aliphatic rings. The molecule has 106 valence electrons. The first-order valence-corrected chi connectivity index (χ1v) is 7.66. The minimum Gasteiger partial charge on any atom is -0.480 e. The number of hydrogen-bond acceptors (Lipinski definition) is 5. The molecule has 0 radical (unpaired) electrons. The molecule has 20 heavy (non-hydrogen) atoms. The van der Waals surface area contributed by atoms with E-state index in [9.17, 15) is 9.90 Å². The summed E-state index contributed by atoms with van der Waals surface area (Å²) < 4.78 is 0. The van der Waals surface area contributed by atoms with E-state index < -0.39 is 12.0 Å². The minimum absolute atomic E-state index is 0.141. The zero-order chi connectivity index (χ0) is 14.3. The van der Waals surface area contributed by atoms with Gasteiger partial charge in [-0.25, -0.2) is 14.8 Å². The highest BCUT2D eigenvalue weighted by molar-refractivity contribution is 7.18. The molecule has 1 N–H and O–H groups in total. The van der Waals surface area contributed by atoms with Gasteiger partial charge in [0.25, 0.3) is 0 Å². The highest BCUT2D eigenvalue weighted by Crippen LogP contribution is 2.35. The summed E-state index contributed by atoms with van der Waals surface area (Å²) in [6, 6.07) is 1.61. The summed E-state index contributed by atoms with van der Waals surface area (Å²) in [4.78, 5) is 24.3. The predicted octanol–water partition coefficient (Wildman–Crippen LogP) is 2.55. The molecule has 0 bridgehead atoms. The normalized spacial score (nSPS) is 22.6. The second-order valence-electron chi connectivity index (χ2n) is 5.22. The number of carbonyl (C=O) groups is 1. The molecule has 5 nitrogen and oxygen atoms in total. The van der Waals surface area contributed by atoms with E-state index in [-0.39, 0.29) is 5.92 Å². The van der Waals surface area contributed by atoms with Crippen LogP contribution < -0.4 is 4.90 Å². The number of carboxylic acids is 1. The Hall–Kier alpha value is -1.69. The number of rotatable bonds is 3. The van der Waals surface area contributed by atoms with Gasteiger partial charge in [0.05, 0.1) is 5.39 Å². The molecule has 0 aromatic carbocycles. The molecule has 2 aromatic heterocycles. The average molecular weight is 291 g/mol. The van der Waals surface area contributed by atoms with Crippen LogP contribution in [0.25, 0.3) is 10.2 Å². The van der Waals surface area contributed by atoms with Crippen molar-refractivity contribution in [2.45, 2.75) is 32.7 Å². The summed E-state index contributed by atoms with van der Waals surface area (Å²) in [6.07, 6.45) is 3.38. The molecule has 6 heteroatoms. The van der Waals surface area contributed by atoms with E-state index in [0.29, 0.717) is 0 Å². The summed E-state index contributed by atoms with van der Waals surface area (Å²) in [5.41, 5.74) is 0. The smallest absolute Gasteiger partial charge is 0.326 e. The van der Waals surface area contributed by atoms with Crippen LogP contribution >= 0.6 is 11.3 Å². The van der Waals surface area contributed by atoms with Crippen molar-refractivity contribution in [1.82, 2.24) is 9.97 Å². The maximum absolute atomic E-state index is 11.5. The zero-order valence-electron chi connectivity index (χ0n) is 11.5. The molecule has 0 saturated carbocycles. The number of aromatic nitrogens is 2. The molecule has 1 aliphatic heterocycles. The summed E-state index contributed by atoms with van der Waals surface area (Å²) in [5.74, 6) is 0.136. The third kappa shape index (κ3) is 2.04. The van der Waals surface area contributed by atoms with Crippen molar-refractivity contribution >= 4 is 33.3 Å². The van der Waals surface area contributed by atoms with Gasteiger partial charge in [0.15, 0.2) is 0 Å². The van der Waals surface area contributed by atoms with E-state index in [1.165, 1.54) is 11.2 Å². The third-order valence-corrected chi connectivity index (χ3v) is 5.12. The van der Waals surface area contributed by atoms with Gasteiger partial charge in [0.1, 0.15) is 23.0 Å². The fourth-order valence-electron chi connectivity index (χ4n) is 2.86. The molecule has 2 atom stereocenters. The van der Waals surface area contributed by atoms with Crippen LogP contribution in [-0.4, -0.2) is 33.6 Å². The van der Waals surface area contributed by atoms with Gasteiger partial charge in [-0.1, -0.05) is 13.8 Å². The first kappa shape index (κ1) is 13.3. The molecule has 0 aliphatic carbocycles. The van der Waals surface area contributed by atoms with Gasteiger partial charge in [0.2, 0.25) is 0 Å². The Labute approximate surface area is 121 Å². The Bertz CT molecular complexity index is 655. The summed E-state index contributed by atoms with van der Waals surface area (Å²) in [7, 11) is 0. The van der Waals surface area contributed by atoms with E-state index in [4.69, 9.17) is 0 Å². The fraction of sp³-hybridized carbons (Fsp3) is 0.500. The van der Waals surface area contributed by atoms with Gasteiger partial charge >= 0.3 is 5.97 Å². The number of thiophene rings is 1. The largest absolute Gasteiger partial charge is 0.480 e. The number of nitrogens with zero attached hydrogens (tertiary/aromatic N) is 3. The average Bonchev–Trinajstić information content (AvgIpc) is 3.00. The van der Waals surface area contributed by atoms with Gasteiger partial charge < -0.3 is 10.0 Å². The summed E-state index contributed by atoms with van der Waals surface area (Å²) in [5, 5.41) is 10.4. The lowest BCUT2D eigenvalue weighted by Gasteiger charge is -2.24. The van der Waals surface area contributed by atoms with Crippen molar-refractivity contribution < 1.29 is 9.90 Å². The summed E-state index contributed by atoms with van der Waals surface area (Å²) in [6.45, 7) is 4.83. The van der Waals surface area contributed by atoms with Crippen molar-refractivity contribution in [2.24, 2.45) is 5.92 Å². The molecule has 1 fully saturated rings. The SMILES string of the molecule is CCc1cc2c(N3CCC(C)C3C(=O)O)ncnc2s1. The maximum Gasteiger partial charge on any atom is 0.326 e. The number of aliphatic carboxylic acids is 1. The Morgan fingerprint density at radius 2 is 2.35 bits per heavy atom. The highest BCUT2D eigenvalue weighted by atomic mass is 32.1. The number of aryl methyl sites for hydroxylation is 1. The Morgan fingerprint density at radius 1 is 1.55 bits per heavy atom. The topological polar surface area (TPSA) is 66.3 Å². The standard InChI is InChI=1S/C14H17N3O2S/c1-3-9-6-10-12(15-7-16-13(10)20-9)17-5-4-8(2)11(17)14(18)19/h6-8,11H,3-5H2,1-2H3,(H,18,19). The number of carboxylic acid groups (broad SMARTS) is 1. The molecule has 2 unspecified atom stereocenters. The van der Waals surface area contributed by atoms with Crippen LogP contribution in [0.1, 0.15) is 25.1 Å². The molecular formula is C14H17N3O2S. The van der Waals surface area contributed by atoms with E-state index in [1.54, 1.807) is 11.3 Å². The number of anilines is 1. The molecular weight excluding hydrogens is 274 g/mol. The Kier molecular flexibility index (Phi) is 3.33. The van der Waals surface area contributed by atoms with Crippen LogP contribution in [0, 0.1) is 5.92 Å². The highest BCUT2D eigenvalue weighted by Gasteiger charge is 2.38. The van der Waals surface area contributed by atoms with Crippen LogP contribution in [0.5, 0.6) is 0 Å². The first-order chi connectivity index (χ1) is 9.61. The van der Waals surface area contributed by atoms with E-state index >= 15 is 0 Å². The van der Waals surface area contributed by atoms with Crippen LogP contribution in [-0.2, 0) is 11.2 Å². The van der Waals surface area contributed by atoms with Gasteiger partial charge in [-0.05, 0) is 24.8 Å². The molecule has 2 aromatic rings. The van der Waals surface area contributed by atoms with Crippen molar-refractivity contribution in [3.8, 4) is 0 Å². The van der Waals surface area contributed by atoms with E-state index in [0.717, 1.165) is 35.4 Å². The Balaban J connectivity index is 2.09. The number of hydrogen-bond donors (Lipinski definition) is 1. The van der Waals surface area contributed by atoms with E-state index in [1.807, 2.05) is 11.8 Å². The van der Waals surface area contributed by atoms with Gasteiger partial charge in [-0.15, -0.1) is 11.3 Å². The fourth-order valence-corrected chi connectivity index (χ4v) is 3.79. The molecule has 1 saturated heterocycles. The lowest BCUT2D eigenvalue weighted by atomic mass is 10.0. The van der Waals surface area contributed by atoms with Gasteiger partial charge in [-0.3, -0.25) is 0 Å². The van der Waals surface area contributed by atoms with Gasteiger partial charge in [-0.2, -0.15) is 0 Å². The minimum atomic E-state index is -0.771. The van der Waals surface area contributed by atoms with Crippen LogP contribution in [0.2, 0.25) is 0 Å². The van der Waals surface area contributed by atoms with Crippen LogP contribution in [0.3, 0.4) is 0 Å².